The fourth-order valence-electron chi connectivity index (χ4n) is 2.01. The molecule has 86 valence electrons. The van der Waals surface area contributed by atoms with Gasteiger partial charge in [0.1, 0.15) is 0 Å². The van der Waals surface area contributed by atoms with Crippen LogP contribution in [0, 0.1) is 0 Å². The van der Waals surface area contributed by atoms with Crippen LogP contribution in [-0.4, -0.2) is 26.5 Å². The van der Waals surface area contributed by atoms with Crippen LogP contribution in [0.5, 0.6) is 11.5 Å². The summed E-state index contributed by atoms with van der Waals surface area (Å²) in [4.78, 5) is 0. The highest BCUT2D eigenvalue weighted by Gasteiger charge is 2.26. The maximum absolute atomic E-state index is 5.73. The highest BCUT2D eigenvalue weighted by molar-refractivity contribution is 9.10. The number of fused-ring (bicyclic) bond motifs is 1. The number of rotatable bonds is 1. The molecule has 1 N–H and O–H groups in total. The van der Waals surface area contributed by atoms with Crippen molar-refractivity contribution >= 4 is 15.9 Å². The molecule has 5 heteroatoms. The van der Waals surface area contributed by atoms with Crippen molar-refractivity contribution in [2.24, 2.45) is 0 Å². The summed E-state index contributed by atoms with van der Waals surface area (Å²) in [6.07, 6.45) is 0.0432. The standard InChI is InChI=1S/C11H12BrNO3/c12-7-3-8(10-5-13-1-2-14-10)11-9(4-7)15-6-16-11/h3-4,10,13H,1-2,5-6H2. The topological polar surface area (TPSA) is 39.7 Å². The zero-order chi connectivity index (χ0) is 11.0. The number of halogens is 1. The summed E-state index contributed by atoms with van der Waals surface area (Å²) >= 11 is 3.47. The van der Waals surface area contributed by atoms with Crippen molar-refractivity contribution < 1.29 is 14.2 Å². The average molecular weight is 286 g/mol. The summed E-state index contributed by atoms with van der Waals surface area (Å²) in [7, 11) is 0. The van der Waals surface area contributed by atoms with Gasteiger partial charge in [0, 0.05) is 23.1 Å². The van der Waals surface area contributed by atoms with E-state index in [0.29, 0.717) is 6.79 Å². The predicted octanol–water partition coefficient (Wildman–Crippen LogP) is 1.84. The molecule has 4 nitrogen and oxygen atoms in total. The van der Waals surface area contributed by atoms with Gasteiger partial charge < -0.3 is 19.5 Å². The molecule has 2 aliphatic rings. The van der Waals surface area contributed by atoms with Crippen LogP contribution < -0.4 is 14.8 Å². The van der Waals surface area contributed by atoms with Gasteiger partial charge in [0.15, 0.2) is 11.5 Å². The Hall–Kier alpha value is -0.780. The molecule has 0 saturated carbocycles. The molecule has 2 aliphatic heterocycles. The Bertz CT molecular complexity index is 404. The zero-order valence-electron chi connectivity index (χ0n) is 8.66. The first-order valence-corrected chi connectivity index (χ1v) is 6.05. The maximum atomic E-state index is 5.73. The molecule has 0 aromatic heterocycles. The molecule has 2 heterocycles. The molecule has 1 unspecified atom stereocenters. The van der Waals surface area contributed by atoms with Crippen LogP contribution in [0.4, 0.5) is 0 Å². The second-order valence-corrected chi connectivity index (χ2v) is 4.71. The van der Waals surface area contributed by atoms with Crippen LogP contribution in [0.2, 0.25) is 0 Å². The highest BCUT2D eigenvalue weighted by Crippen LogP contribution is 2.42. The lowest BCUT2D eigenvalue weighted by atomic mass is 10.1. The predicted molar refractivity (Wildman–Crippen MR) is 61.8 cm³/mol. The smallest absolute Gasteiger partial charge is 0.231 e. The van der Waals surface area contributed by atoms with Crippen molar-refractivity contribution in [2.45, 2.75) is 6.10 Å². The molecule has 0 aliphatic carbocycles. The second kappa shape index (κ2) is 4.24. The Morgan fingerprint density at radius 3 is 3.06 bits per heavy atom. The number of nitrogens with one attached hydrogen (secondary N) is 1. The van der Waals surface area contributed by atoms with Crippen molar-refractivity contribution in [3.8, 4) is 11.5 Å². The van der Waals surface area contributed by atoms with Gasteiger partial charge in [0.2, 0.25) is 6.79 Å². The summed E-state index contributed by atoms with van der Waals surface area (Å²) in [5, 5.41) is 3.31. The minimum absolute atomic E-state index is 0.0432. The minimum Gasteiger partial charge on any atom is -0.454 e. The fraction of sp³-hybridized carbons (Fsp3) is 0.455. The molecule has 16 heavy (non-hydrogen) atoms. The third kappa shape index (κ3) is 1.79. The van der Waals surface area contributed by atoms with Crippen molar-refractivity contribution in [3.05, 3.63) is 22.2 Å². The first-order chi connectivity index (χ1) is 7.84. The Kier molecular flexibility index (Phi) is 2.75. The van der Waals surface area contributed by atoms with Crippen molar-refractivity contribution in [1.29, 1.82) is 0 Å². The van der Waals surface area contributed by atoms with Gasteiger partial charge in [0.25, 0.3) is 0 Å². The van der Waals surface area contributed by atoms with Gasteiger partial charge in [-0.15, -0.1) is 0 Å². The van der Waals surface area contributed by atoms with E-state index in [2.05, 4.69) is 21.2 Å². The van der Waals surface area contributed by atoms with Gasteiger partial charge in [-0.2, -0.15) is 0 Å². The zero-order valence-corrected chi connectivity index (χ0v) is 10.2. The number of hydrogen-bond donors (Lipinski definition) is 1. The van der Waals surface area contributed by atoms with E-state index < -0.39 is 0 Å². The van der Waals surface area contributed by atoms with E-state index >= 15 is 0 Å². The number of benzene rings is 1. The molecule has 1 fully saturated rings. The van der Waals surface area contributed by atoms with Crippen molar-refractivity contribution in [3.63, 3.8) is 0 Å². The van der Waals surface area contributed by atoms with Crippen molar-refractivity contribution in [2.75, 3.05) is 26.5 Å². The third-order valence-corrected chi connectivity index (χ3v) is 3.20. The van der Waals surface area contributed by atoms with Crippen LogP contribution in [0.15, 0.2) is 16.6 Å². The molecule has 1 aromatic carbocycles. The monoisotopic (exact) mass is 285 g/mol. The molecule has 0 radical (unpaired) electrons. The second-order valence-electron chi connectivity index (χ2n) is 3.79. The quantitative estimate of drug-likeness (QED) is 0.855. The number of morpholine rings is 1. The Morgan fingerprint density at radius 2 is 2.25 bits per heavy atom. The van der Waals surface area contributed by atoms with Crippen LogP contribution >= 0.6 is 15.9 Å². The van der Waals surface area contributed by atoms with Crippen LogP contribution in [0.1, 0.15) is 11.7 Å². The van der Waals surface area contributed by atoms with E-state index in [1.807, 2.05) is 12.1 Å². The third-order valence-electron chi connectivity index (χ3n) is 2.74. The van der Waals surface area contributed by atoms with Crippen LogP contribution in [0.3, 0.4) is 0 Å². The Balaban J connectivity index is 1.99. The fourth-order valence-corrected chi connectivity index (χ4v) is 2.46. The summed E-state index contributed by atoms with van der Waals surface area (Å²) in [6.45, 7) is 2.74. The van der Waals surface area contributed by atoms with Gasteiger partial charge in [0.05, 0.1) is 12.7 Å². The lowest BCUT2D eigenvalue weighted by molar-refractivity contribution is 0.0259. The molecule has 3 rings (SSSR count). The van der Waals surface area contributed by atoms with E-state index in [1.165, 1.54) is 0 Å². The van der Waals surface area contributed by atoms with E-state index in [-0.39, 0.29) is 6.10 Å². The molecular formula is C11H12BrNO3. The van der Waals surface area contributed by atoms with Crippen molar-refractivity contribution in [1.82, 2.24) is 5.32 Å². The van der Waals surface area contributed by atoms with Gasteiger partial charge in [-0.1, -0.05) is 15.9 Å². The molecule has 1 atom stereocenters. The lowest BCUT2D eigenvalue weighted by Crippen LogP contribution is -2.33. The SMILES string of the molecule is Brc1cc2c(c(C3CNCCO3)c1)OCO2. The Labute approximate surface area is 102 Å². The van der Waals surface area contributed by atoms with Crippen LogP contribution in [0.25, 0.3) is 0 Å². The summed E-state index contributed by atoms with van der Waals surface area (Å²) in [5.41, 5.74) is 1.05. The van der Waals surface area contributed by atoms with Gasteiger partial charge in [-0.25, -0.2) is 0 Å². The van der Waals surface area contributed by atoms with Gasteiger partial charge >= 0.3 is 0 Å². The molecule has 0 bridgehead atoms. The molecule has 1 aromatic rings. The molecule has 1 saturated heterocycles. The lowest BCUT2D eigenvalue weighted by Gasteiger charge is -2.24. The summed E-state index contributed by atoms with van der Waals surface area (Å²) < 4.78 is 17.6. The average Bonchev–Trinajstić information content (AvgIpc) is 2.77. The summed E-state index contributed by atoms with van der Waals surface area (Å²) in [5.74, 6) is 1.61. The highest BCUT2D eigenvalue weighted by atomic mass is 79.9. The van der Waals surface area contributed by atoms with E-state index in [0.717, 1.165) is 41.2 Å². The molecular weight excluding hydrogens is 274 g/mol. The summed E-state index contributed by atoms with van der Waals surface area (Å²) in [6, 6.07) is 3.95. The van der Waals surface area contributed by atoms with E-state index in [1.54, 1.807) is 0 Å². The number of ether oxygens (including phenoxy) is 3. The normalized spacial score (nSPS) is 23.4. The van der Waals surface area contributed by atoms with Gasteiger partial charge in [-0.05, 0) is 12.1 Å². The Morgan fingerprint density at radius 1 is 1.31 bits per heavy atom. The largest absolute Gasteiger partial charge is 0.454 e. The van der Waals surface area contributed by atoms with E-state index in [9.17, 15) is 0 Å². The first-order valence-electron chi connectivity index (χ1n) is 5.26. The molecule has 0 spiro atoms. The first kappa shape index (κ1) is 10.4. The van der Waals surface area contributed by atoms with E-state index in [4.69, 9.17) is 14.2 Å². The van der Waals surface area contributed by atoms with Crippen LogP contribution in [-0.2, 0) is 4.74 Å². The molecule has 0 amide bonds. The number of hydrogen-bond acceptors (Lipinski definition) is 4. The van der Waals surface area contributed by atoms with Gasteiger partial charge in [-0.3, -0.25) is 0 Å². The maximum Gasteiger partial charge on any atom is 0.231 e. The minimum atomic E-state index is 0.0432.